The second-order valence-corrected chi connectivity index (χ2v) is 9.40. The summed E-state index contributed by atoms with van der Waals surface area (Å²) < 4.78 is 1.81. The summed E-state index contributed by atoms with van der Waals surface area (Å²) in [6, 6.07) is 15.9. The molecule has 0 amide bonds. The molecule has 5 aromatic rings. The number of rotatable bonds is 5. The highest BCUT2D eigenvalue weighted by atomic mass is 35.5. The zero-order valence-corrected chi connectivity index (χ0v) is 19.1. The number of aromatic nitrogens is 4. The van der Waals surface area contributed by atoms with E-state index in [1.807, 2.05) is 41.1 Å². The fourth-order valence-electron chi connectivity index (χ4n) is 3.13. The Morgan fingerprint density at radius 3 is 2.52 bits per heavy atom. The summed E-state index contributed by atoms with van der Waals surface area (Å²) in [4.78, 5) is 10.2. The molecule has 0 aliphatic heterocycles. The van der Waals surface area contributed by atoms with E-state index in [0.29, 0.717) is 5.02 Å². The number of hydrogen-bond donors (Lipinski definition) is 1. The van der Waals surface area contributed by atoms with E-state index < -0.39 is 0 Å². The first kappa shape index (κ1) is 19.9. The third-order valence-corrected chi connectivity index (χ3v) is 6.48. The highest BCUT2D eigenvalue weighted by Gasteiger charge is 2.16. The third kappa shape index (κ3) is 4.10. The normalized spacial score (nSPS) is 11.6. The van der Waals surface area contributed by atoms with Gasteiger partial charge in [0.1, 0.15) is 16.4 Å². The molecular formula is C22H17ClN6S2. The van der Waals surface area contributed by atoms with Gasteiger partial charge in [0.15, 0.2) is 0 Å². The summed E-state index contributed by atoms with van der Waals surface area (Å²) in [5.74, 6) is 0. The van der Waals surface area contributed by atoms with Crippen LogP contribution in [0.25, 0.3) is 27.5 Å². The Balaban J connectivity index is 1.43. The van der Waals surface area contributed by atoms with Crippen molar-refractivity contribution in [2.24, 2.45) is 5.10 Å². The lowest BCUT2D eigenvalue weighted by Crippen LogP contribution is -1.97. The second kappa shape index (κ2) is 8.22. The van der Waals surface area contributed by atoms with Gasteiger partial charge in [-0.3, -0.25) is 5.43 Å². The van der Waals surface area contributed by atoms with Gasteiger partial charge in [-0.05, 0) is 26.0 Å². The van der Waals surface area contributed by atoms with Crippen LogP contribution in [-0.4, -0.2) is 25.8 Å². The second-order valence-electron chi connectivity index (χ2n) is 6.94. The molecular weight excluding hydrogens is 448 g/mol. The van der Waals surface area contributed by atoms with Crippen LogP contribution < -0.4 is 5.43 Å². The van der Waals surface area contributed by atoms with Crippen molar-refractivity contribution in [2.75, 3.05) is 5.43 Å². The van der Waals surface area contributed by atoms with Crippen molar-refractivity contribution in [1.29, 1.82) is 0 Å². The lowest BCUT2D eigenvalue weighted by Gasteiger charge is -2.00. The molecule has 154 valence electrons. The van der Waals surface area contributed by atoms with E-state index in [1.54, 1.807) is 6.21 Å². The summed E-state index contributed by atoms with van der Waals surface area (Å²) in [6.45, 7) is 4.03. The zero-order chi connectivity index (χ0) is 21.4. The minimum atomic E-state index is 0.684. The number of nitrogens with zero attached hydrogens (tertiary/aromatic N) is 5. The van der Waals surface area contributed by atoms with Gasteiger partial charge >= 0.3 is 0 Å². The molecule has 0 atom stereocenters. The topological polar surface area (TPSA) is 67.5 Å². The Morgan fingerprint density at radius 1 is 1.00 bits per heavy atom. The molecule has 0 saturated carbocycles. The van der Waals surface area contributed by atoms with Crippen LogP contribution in [0.2, 0.25) is 5.02 Å². The molecule has 6 nitrogen and oxygen atoms in total. The van der Waals surface area contributed by atoms with E-state index in [2.05, 4.69) is 51.8 Å². The van der Waals surface area contributed by atoms with Crippen LogP contribution in [0.15, 0.2) is 59.0 Å². The first-order valence-electron chi connectivity index (χ1n) is 9.50. The predicted molar refractivity (Wildman–Crippen MR) is 130 cm³/mol. The number of hydrazone groups is 1. The number of benzene rings is 2. The summed E-state index contributed by atoms with van der Waals surface area (Å²) >= 11 is 9.09. The van der Waals surface area contributed by atoms with E-state index in [4.69, 9.17) is 16.6 Å². The SMILES string of the molecule is Cc1ccc(-c2csc(N/N=C/c3c(-c4ccc(Cl)cc4)nc4sc(C)nn34)n2)cc1. The number of halogens is 1. The average molecular weight is 465 g/mol. The van der Waals surface area contributed by atoms with E-state index in [1.165, 1.54) is 28.2 Å². The van der Waals surface area contributed by atoms with Crippen LogP contribution in [0.4, 0.5) is 5.13 Å². The molecule has 31 heavy (non-hydrogen) atoms. The van der Waals surface area contributed by atoms with Crippen molar-refractivity contribution in [3.63, 3.8) is 0 Å². The molecule has 0 radical (unpaired) electrons. The standard InChI is InChI=1S/C22H17ClN6S2/c1-13-3-5-15(6-4-13)18-12-30-21(25-18)27-24-11-19-20(16-7-9-17(23)10-8-16)26-22-29(19)28-14(2)31-22/h3-12H,1-2H3,(H,25,27)/b24-11+. The lowest BCUT2D eigenvalue weighted by atomic mass is 10.1. The smallest absolute Gasteiger partial charge is 0.213 e. The number of fused-ring (bicyclic) bond motifs is 1. The van der Waals surface area contributed by atoms with Gasteiger partial charge in [0, 0.05) is 21.5 Å². The van der Waals surface area contributed by atoms with Gasteiger partial charge in [0.2, 0.25) is 10.1 Å². The van der Waals surface area contributed by atoms with Crippen molar-refractivity contribution < 1.29 is 0 Å². The van der Waals surface area contributed by atoms with Crippen molar-refractivity contribution in [3.8, 4) is 22.5 Å². The van der Waals surface area contributed by atoms with E-state index in [0.717, 1.165) is 43.3 Å². The minimum absolute atomic E-state index is 0.684. The van der Waals surface area contributed by atoms with Crippen LogP contribution >= 0.6 is 34.3 Å². The molecule has 0 saturated heterocycles. The molecule has 3 aromatic heterocycles. The average Bonchev–Trinajstić information content (AvgIpc) is 3.45. The first-order valence-corrected chi connectivity index (χ1v) is 11.6. The van der Waals surface area contributed by atoms with Crippen molar-refractivity contribution in [1.82, 2.24) is 19.6 Å². The van der Waals surface area contributed by atoms with Crippen molar-refractivity contribution >= 4 is 50.6 Å². The minimum Gasteiger partial charge on any atom is -0.253 e. The van der Waals surface area contributed by atoms with Crippen molar-refractivity contribution in [2.45, 2.75) is 13.8 Å². The van der Waals surface area contributed by atoms with E-state index in [9.17, 15) is 0 Å². The zero-order valence-electron chi connectivity index (χ0n) is 16.7. The Bertz CT molecular complexity index is 1380. The number of hydrogen-bond acceptors (Lipinski definition) is 7. The predicted octanol–water partition coefficient (Wildman–Crippen LogP) is 6.30. The summed E-state index contributed by atoms with van der Waals surface area (Å²) in [5, 5.41) is 13.3. The molecule has 0 fully saturated rings. The van der Waals surface area contributed by atoms with Crippen LogP contribution in [-0.2, 0) is 0 Å². The molecule has 0 spiro atoms. The lowest BCUT2D eigenvalue weighted by molar-refractivity contribution is 0.938. The molecule has 5 rings (SSSR count). The van der Waals surface area contributed by atoms with Gasteiger partial charge in [-0.15, -0.1) is 11.3 Å². The van der Waals surface area contributed by atoms with Gasteiger partial charge in [-0.1, -0.05) is 64.9 Å². The molecule has 3 heterocycles. The molecule has 0 aliphatic carbocycles. The number of anilines is 1. The summed E-state index contributed by atoms with van der Waals surface area (Å²) in [5.41, 5.74) is 8.82. The molecule has 2 aromatic carbocycles. The van der Waals surface area contributed by atoms with Gasteiger partial charge in [0.25, 0.3) is 0 Å². The molecule has 0 aliphatic rings. The maximum absolute atomic E-state index is 6.04. The Labute approximate surface area is 191 Å². The van der Waals surface area contributed by atoms with Gasteiger partial charge in [-0.25, -0.2) is 14.5 Å². The largest absolute Gasteiger partial charge is 0.253 e. The molecule has 0 bridgehead atoms. The van der Waals surface area contributed by atoms with Crippen LogP contribution in [0.5, 0.6) is 0 Å². The molecule has 0 unspecified atom stereocenters. The van der Waals surface area contributed by atoms with Crippen molar-refractivity contribution in [3.05, 3.63) is 75.2 Å². The van der Waals surface area contributed by atoms with Gasteiger partial charge in [0.05, 0.1) is 11.9 Å². The Hall–Kier alpha value is -3.07. The van der Waals surface area contributed by atoms with Gasteiger partial charge in [-0.2, -0.15) is 10.2 Å². The van der Waals surface area contributed by atoms with Gasteiger partial charge < -0.3 is 0 Å². The van der Waals surface area contributed by atoms with Crippen LogP contribution in [0, 0.1) is 13.8 Å². The Kier molecular flexibility index (Phi) is 5.27. The van der Waals surface area contributed by atoms with Crippen LogP contribution in [0.1, 0.15) is 16.3 Å². The maximum atomic E-state index is 6.04. The maximum Gasteiger partial charge on any atom is 0.213 e. The quantitative estimate of drug-likeness (QED) is 0.245. The third-order valence-electron chi connectivity index (χ3n) is 4.66. The number of imidazole rings is 1. The Morgan fingerprint density at radius 2 is 1.74 bits per heavy atom. The molecule has 9 heteroatoms. The van der Waals surface area contributed by atoms with E-state index >= 15 is 0 Å². The summed E-state index contributed by atoms with van der Waals surface area (Å²) in [7, 11) is 0. The number of aryl methyl sites for hydroxylation is 2. The highest BCUT2D eigenvalue weighted by molar-refractivity contribution is 7.16. The van der Waals surface area contributed by atoms with E-state index in [-0.39, 0.29) is 0 Å². The fraction of sp³-hybridized carbons (Fsp3) is 0.0909. The molecule has 1 N–H and O–H groups in total. The number of nitrogens with one attached hydrogen (secondary N) is 1. The number of thiazole rings is 1. The highest BCUT2D eigenvalue weighted by Crippen LogP contribution is 2.28. The fourth-order valence-corrected chi connectivity index (χ4v) is 4.67. The van der Waals surface area contributed by atoms with Crippen LogP contribution in [0.3, 0.4) is 0 Å². The first-order chi connectivity index (χ1) is 15.1. The summed E-state index contributed by atoms with van der Waals surface area (Å²) in [6.07, 6.45) is 1.73. The monoisotopic (exact) mass is 464 g/mol.